The standard InChI is InChI=1S/C27H22N6O/c34-27(26(20-8-3-1-4-9-20)21-10-5-2-6-11-21)30-23-14-12-22(13-15-23)29-24-16-17-25(32-31-24)33-19-7-18-28-33/h1-19,26H,(H,29,31)(H,30,34). The molecular weight excluding hydrogens is 424 g/mol. The molecule has 0 aliphatic carbocycles. The number of carbonyl (C=O) groups is 1. The molecule has 2 heterocycles. The van der Waals surface area contributed by atoms with Crippen molar-refractivity contribution >= 4 is 23.1 Å². The van der Waals surface area contributed by atoms with E-state index in [0.717, 1.165) is 16.8 Å². The van der Waals surface area contributed by atoms with Crippen molar-refractivity contribution in [3.8, 4) is 5.82 Å². The van der Waals surface area contributed by atoms with Gasteiger partial charge in [0.05, 0.1) is 5.92 Å². The maximum atomic E-state index is 13.3. The van der Waals surface area contributed by atoms with Gasteiger partial charge in [0.15, 0.2) is 11.6 Å². The number of hydrogen-bond acceptors (Lipinski definition) is 5. The van der Waals surface area contributed by atoms with E-state index >= 15 is 0 Å². The topological polar surface area (TPSA) is 84.7 Å². The van der Waals surface area contributed by atoms with E-state index in [2.05, 4.69) is 25.9 Å². The first-order chi connectivity index (χ1) is 16.8. The monoisotopic (exact) mass is 446 g/mol. The minimum Gasteiger partial charge on any atom is -0.339 e. The van der Waals surface area contributed by atoms with Gasteiger partial charge in [-0.2, -0.15) is 5.10 Å². The van der Waals surface area contributed by atoms with Gasteiger partial charge in [-0.25, -0.2) is 4.68 Å². The van der Waals surface area contributed by atoms with E-state index in [0.29, 0.717) is 17.3 Å². The Kier molecular flexibility index (Phi) is 6.07. The summed E-state index contributed by atoms with van der Waals surface area (Å²) in [6.45, 7) is 0. The molecule has 1 amide bonds. The first-order valence-electron chi connectivity index (χ1n) is 10.9. The number of anilines is 3. The van der Waals surface area contributed by atoms with Crippen LogP contribution in [0.1, 0.15) is 17.0 Å². The lowest BCUT2D eigenvalue weighted by Gasteiger charge is -2.18. The first-order valence-corrected chi connectivity index (χ1v) is 10.9. The van der Waals surface area contributed by atoms with Gasteiger partial charge < -0.3 is 10.6 Å². The van der Waals surface area contributed by atoms with Crippen LogP contribution in [0.25, 0.3) is 5.82 Å². The summed E-state index contributed by atoms with van der Waals surface area (Å²) >= 11 is 0. The molecule has 0 radical (unpaired) electrons. The maximum absolute atomic E-state index is 13.3. The van der Waals surface area contributed by atoms with Gasteiger partial charge in [-0.1, -0.05) is 60.7 Å². The lowest BCUT2D eigenvalue weighted by molar-refractivity contribution is -0.116. The van der Waals surface area contributed by atoms with Crippen LogP contribution >= 0.6 is 0 Å². The van der Waals surface area contributed by atoms with Gasteiger partial charge in [0.25, 0.3) is 0 Å². The van der Waals surface area contributed by atoms with Gasteiger partial charge in [-0.3, -0.25) is 4.79 Å². The third-order valence-corrected chi connectivity index (χ3v) is 5.34. The normalized spacial score (nSPS) is 10.7. The summed E-state index contributed by atoms with van der Waals surface area (Å²) in [5, 5.41) is 18.8. The van der Waals surface area contributed by atoms with Crippen molar-refractivity contribution in [2.75, 3.05) is 10.6 Å². The number of nitrogens with one attached hydrogen (secondary N) is 2. The fourth-order valence-electron chi connectivity index (χ4n) is 3.70. The zero-order valence-electron chi connectivity index (χ0n) is 18.2. The predicted molar refractivity (Wildman–Crippen MR) is 132 cm³/mol. The summed E-state index contributed by atoms with van der Waals surface area (Å²) in [4.78, 5) is 13.3. The van der Waals surface area contributed by atoms with Gasteiger partial charge in [-0.05, 0) is 53.6 Å². The third kappa shape index (κ3) is 4.83. The molecule has 7 nitrogen and oxygen atoms in total. The van der Waals surface area contributed by atoms with Crippen molar-refractivity contribution in [2.45, 2.75) is 5.92 Å². The number of aromatic nitrogens is 4. The van der Waals surface area contributed by atoms with Crippen LogP contribution in [-0.4, -0.2) is 25.9 Å². The summed E-state index contributed by atoms with van der Waals surface area (Å²) < 4.78 is 1.65. The van der Waals surface area contributed by atoms with Crippen molar-refractivity contribution in [3.05, 3.63) is 127 Å². The number of nitrogens with zero attached hydrogens (tertiary/aromatic N) is 4. The highest BCUT2D eigenvalue weighted by atomic mass is 16.1. The highest BCUT2D eigenvalue weighted by Crippen LogP contribution is 2.27. The Bertz CT molecular complexity index is 1300. The van der Waals surface area contributed by atoms with Crippen LogP contribution < -0.4 is 10.6 Å². The molecule has 0 saturated carbocycles. The SMILES string of the molecule is O=C(Nc1ccc(Nc2ccc(-n3cccn3)nn2)cc1)C(c1ccccc1)c1ccccc1. The molecule has 0 saturated heterocycles. The first kappa shape index (κ1) is 21.1. The molecular formula is C27H22N6O. The fraction of sp³-hybridized carbons (Fsp3) is 0.0370. The predicted octanol–water partition coefficient (Wildman–Crippen LogP) is 5.18. The smallest absolute Gasteiger partial charge is 0.236 e. The molecule has 5 aromatic rings. The third-order valence-electron chi connectivity index (χ3n) is 5.34. The highest BCUT2D eigenvalue weighted by Gasteiger charge is 2.22. The van der Waals surface area contributed by atoms with Gasteiger partial charge in [0.1, 0.15) is 0 Å². The summed E-state index contributed by atoms with van der Waals surface area (Å²) in [5.74, 6) is 0.767. The van der Waals surface area contributed by atoms with Crippen molar-refractivity contribution in [1.29, 1.82) is 0 Å². The number of amides is 1. The average Bonchev–Trinajstić information content (AvgIpc) is 3.42. The maximum Gasteiger partial charge on any atom is 0.236 e. The lowest BCUT2D eigenvalue weighted by Crippen LogP contribution is -2.22. The van der Waals surface area contributed by atoms with E-state index in [-0.39, 0.29) is 5.91 Å². The molecule has 0 unspecified atom stereocenters. The minimum atomic E-state index is -0.399. The van der Waals surface area contributed by atoms with Gasteiger partial charge >= 0.3 is 0 Å². The Labute approximate surface area is 197 Å². The molecule has 3 aromatic carbocycles. The second kappa shape index (κ2) is 9.79. The van der Waals surface area contributed by atoms with Crippen LogP contribution in [0.5, 0.6) is 0 Å². The van der Waals surface area contributed by atoms with Gasteiger partial charge in [0.2, 0.25) is 5.91 Å². The fourth-order valence-corrected chi connectivity index (χ4v) is 3.70. The Morgan fingerprint density at radius 1 is 0.706 bits per heavy atom. The summed E-state index contributed by atoms with van der Waals surface area (Å²) in [7, 11) is 0. The number of carbonyl (C=O) groups excluding carboxylic acids is 1. The molecule has 34 heavy (non-hydrogen) atoms. The molecule has 2 N–H and O–H groups in total. The molecule has 0 atom stereocenters. The molecule has 2 aromatic heterocycles. The molecule has 7 heteroatoms. The minimum absolute atomic E-state index is 0.0850. The summed E-state index contributed by atoms with van der Waals surface area (Å²) in [6, 6.07) is 32.6. The van der Waals surface area contributed by atoms with E-state index in [9.17, 15) is 4.79 Å². The van der Waals surface area contributed by atoms with Crippen molar-refractivity contribution in [3.63, 3.8) is 0 Å². The van der Waals surface area contributed by atoms with Crippen LogP contribution in [0.3, 0.4) is 0 Å². The number of rotatable bonds is 7. The van der Waals surface area contributed by atoms with E-state index in [4.69, 9.17) is 0 Å². The molecule has 0 spiro atoms. The number of hydrogen-bond donors (Lipinski definition) is 2. The Morgan fingerprint density at radius 3 is 1.91 bits per heavy atom. The van der Waals surface area contributed by atoms with E-state index in [1.165, 1.54) is 0 Å². The molecule has 0 aliphatic rings. The second-order valence-corrected chi connectivity index (χ2v) is 7.67. The Morgan fingerprint density at radius 2 is 1.35 bits per heavy atom. The van der Waals surface area contributed by atoms with E-state index < -0.39 is 5.92 Å². The highest BCUT2D eigenvalue weighted by molar-refractivity contribution is 5.98. The second-order valence-electron chi connectivity index (χ2n) is 7.67. The Balaban J connectivity index is 1.28. The molecule has 0 bridgehead atoms. The van der Waals surface area contributed by atoms with Crippen LogP contribution in [0, 0.1) is 0 Å². The van der Waals surface area contributed by atoms with Crippen LogP contribution in [-0.2, 0) is 4.79 Å². The zero-order chi connectivity index (χ0) is 23.2. The quantitative estimate of drug-likeness (QED) is 0.360. The molecule has 0 fully saturated rings. The van der Waals surface area contributed by atoms with Crippen molar-refractivity contribution < 1.29 is 4.79 Å². The van der Waals surface area contributed by atoms with Crippen molar-refractivity contribution in [1.82, 2.24) is 20.0 Å². The molecule has 5 rings (SSSR count). The van der Waals surface area contributed by atoms with Gasteiger partial charge in [-0.15, -0.1) is 10.2 Å². The summed E-state index contributed by atoms with van der Waals surface area (Å²) in [5.41, 5.74) is 3.44. The van der Waals surface area contributed by atoms with Crippen molar-refractivity contribution in [2.24, 2.45) is 0 Å². The molecule has 0 aliphatic heterocycles. The van der Waals surface area contributed by atoms with E-state index in [1.54, 1.807) is 10.9 Å². The van der Waals surface area contributed by atoms with Crippen LogP contribution in [0.2, 0.25) is 0 Å². The van der Waals surface area contributed by atoms with E-state index in [1.807, 2.05) is 109 Å². The van der Waals surface area contributed by atoms with Crippen LogP contribution in [0.4, 0.5) is 17.2 Å². The van der Waals surface area contributed by atoms with Crippen LogP contribution in [0.15, 0.2) is 116 Å². The summed E-state index contributed by atoms with van der Waals surface area (Å²) in [6.07, 6.45) is 3.50. The molecule has 166 valence electrons. The van der Waals surface area contributed by atoms with Gasteiger partial charge in [0, 0.05) is 23.8 Å². The lowest BCUT2D eigenvalue weighted by atomic mass is 9.90. The largest absolute Gasteiger partial charge is 0.339 e. The average molecular weight is 447 g/mol. The Hall–Kier alpha value is -4.78. The number of benzene rings is 3. The zero-order valence-corrected chi connectivity index (χ0v) is 18.2.